The molecule has 0 saturated heterocycles. The van der Waals surface area contributed by atoms with Gasteiger partial charge in [0.15, 0.2) is 8.32 Å². The second-order valence-corrected chi connectivity index (χ2v) is 16.4. The highest BCUT2D eigenvalue weighted by Gasteiger charge is 2.43. The Kier molecular flexibility index (Phi) is 7.52. The van der Waals surface area contributed by atoms with E-state index < -0.39 is 26.6 Å². The monoisotopic (exact) mass is 539 g/mol. The first kappa shape index (κ1) is 27.0. The third-order valence-electron chi connectivity index (χ3n) is 8.13. The number of carbonyl (C=O) groups is 1. The molecule has 3 aromatic carbocycles. The van der Waals surface area contributed by atoms with Crippen molar-refractivity contribution in [2.45, 2.75) is 57.0 Å². The maximum Gasteiger partial charge on any atom is 0.407 e. The molecule has 1 N–H and O–H groups in total. The molecule has 0 fully saturated rings. The van der Waals surface area contributed by atoms with Crippen LogP contribution < -0.4 is 5.32 Å². The third-order valence-corrected chi connectivity index (χ3v) is 12.6. The molecule has 0 unspecified atom stereocenters. The zero-order valence-electron chi connectivity index (χ0n) is 23.3. The number of rotatable bonds is 8. The Morgan fingerprint density at radius 3 is 2.03 bits per heavy atom. The number of nitrogens with one attached hydrogen (secondary N) is 1. The average molecular weight is 540 g/mol. The van der Waals surface area contributed by atoms with Crippen LogP contribution in [0.1, 0.15) is 61.3 Å². The van der Waals surface area contributed by atoms with Crippen molar-refractivity contribution in [3.63, 3.8) is 0 Å². The number of amides is 1. The van der Waals surface area contributed by atoms with Gasteiger partial charge in [-0.05, 0) is 58.1 Å². The van der Waals surface area contributed by atoms with Crippen molar-refractivity contribution in [3.05, 3.63) is 120 Å². The molecule has 0 spiro atoms. The first-order valence-electron chi connectivity index (χ1n) is 13.5. The van der Waals surface area contributed by atoms with E-state index in [1.54, 1.807) is 6.26 Å². The molecule has 1 aliphatic rings. The maximum atomic E-state index is 13.4. The Morgan fingerprint density at radius 1 is 0.872 bits per heavy atom. The fourth-order valence-corrected chi connectivity index (χ4v) is 6.24. The molecule has 39 heavy (non-hydrogen) atoms. The van der Waals surface area contributed by atoms with E-state index in [1.165, 1.54) is 22.3 Å². The van der Waals surface area contributed by atoms with Crippen LogP contribution >= 0.6 is 0 Å². The molecule has 1 heterocycles. The number of fused-ring (bicyclic) bond motifs is 3. The van der Waals surface area contributed by atoms with Gasteiger partial charge in [0, 0.05) is 5.92 Å². The van der Waals surface area contributed by atoms with Crippen LogP contribution in [0.4, 0.5) is 4.79 Å². The summed E-state index contributed by atoms with van der Waals surface area (Å²) in [5, 5.41) is 3.12. The van der Waals surface area contributed by atoms with Gasteiger partial charge in [0.05, 0.1) is 12.3 Å². The lowest BCUT2D eigenvalue weighted by Gasteiger charge is -2.41. The summed E-state index contributed by atoms with van der Waals surface area (Å²) in [4.78, 5) is 13.4. The van der Waals surface area contributed by atoms with Gasteiger partial charge in [-0.15, -0.1) is 0 Å². The molecule has 1 aromatic heterocycles. The van der Waals surface area contributed by atoms with E-state index in [4.69, 9.17) is 13.6 Å². The standard InChI is InChI=1S/C33H37NO4Si/c1-33(2,3)39(4,5)38-31(29-20-13-21-36-29)30(23-14-7-6-8-15-23)34-32(35)37-22-28-26-18-11-9-16-24(26)25-17-10-12-19-27(25)28/h6-21,28,30-31H,22H2,1-5H3,(H,34,35)/t30-,31+/m0/s1. The van der Waals surface area contributed by atoms with E-state index in [9.17, 15) is 4.79 Å². The molecule has 5 rings (SSSR count). The molecule has 0 radical (unpaired) electrons. The van der Waals surface area contributed by atoms with E-state index in [1.807, 2.05) is 66.7 Å². The van der Waals surface area contributed by atoms with Gasteiger partial charge in [-0.1, -0.05) is 99.6 Å². The summed E-state index contributed by atoms with van der Waals surface area (Å²) >= 11 is 0. The van der Waals surface area contributed by atoms with Crippen molar-refractivity contribution < 1.29 is 18.4 Å². The molecule has 6 heteroatoms. The smallest absolute Gasteiger partial charge is 0.407 e. The van der Waals surface area contributed by atoms with Gasteiger partial charge in [-0.2, -0.15) is 0 Å². The first-order valence-corrected chi connectivity index (χ1v) is 16.4. The molecule has 202 valence electrons. The van der Waals surface area contributed by atoms with Crippen molar-refractivity contribution in [2.24, 2.45) is 0 Å². The number of furan rings is 1. The predicted octanol–water partition coefficient (Wildman–Crippen LogP) is 8.62. The topological polar surface area (TPSA) is 60.7 Å². The lowest BCUT2D eigenvalue weighted by molar-refractivity contribution is 0.0961. The van der Waals surface area contributed by atoms with Crippen LogP contribution in [0.5, 0.6) is 0 Å². The molecule has 0 bridgehead atoms. The summed E-state index contributed by atoms with van der Waals surface area (Å²) in [5.41, 5.74) is 5.68. The Hall–Kier alpha value is -3.61. The second-order valence-electron chi connectivity index (χ2n) is 11.7. The Balaban J connectivity index is 1.40. The minimum atomic E-state index is -2.24. The quantitative estimate of drug-likeness (QED) is 0.228. The summed E-state index contributed by atoms with van der Waals surface area (Å²) in [6.07, 6.45) is 0.650. The Bertz CT molecular complexity index is 1360. The van der Waals surface area contributed by atoms with Crippen molar-refractivity contribution in [1.82, 2.24) is 5.32 Å². The third kappa shape index (κ3) is 5.58. The van der Waals surface area contributed by atoms with Gasteiger partial charge in [0.25, 0.3) is 0 Å². The van der Waals surface area contributed by atoms with Gasteiger partial charge < -0.3 is 18.9 Å². The van der Waals surface area contributed by atoms with E-state index >= 15 is 0 Å². The molecule has 4 aromatic rings. The summed E-state index contributed by atoms with van der Waals surface area (Å²) in [5.74, 6) is 0.662. The number of ether oxygens (including phenoxy) is 1. The molecular formula is C33H37NO4Si. The van der Waals surface area contributed by atoms with E-state index in [2.05, 4.69) is 63.4 Å². The van der Waals surface area contributed by atoms with Gasteiger partial charge in [0.2, 0.25) is 0 Å². The molecule has 2 atom stereocenters. The second kappa shape index (κ2) is 10.9. The summed E-state index contributed by atoms with van der Waals surface area (Å²) in [7, 11) is -2.24. The largest absolute Gasteiger partial charge is 0.467 e. The number of carbonyl (C=O) groups excluding carboxylic acids is 1. The maximum absolute atomic E-state index is 13.4. The van der Waals surface area contributed by atoms with Crippen molar-refractivity contribution in [2.75, 3.05) is 6.61 Å². The molecule has 1 amide bonds. The minimum absolute atomic E-state index is 0.0114. The predicted molar refractivity (Wildman–Crippen MR) is 157 cm³/mol. The SMILES string of the molecule is CC(C)(C)[Si](C)(C)O[C@H](c1ccco1)[C@@H](NC(=O)OCC1c2ccccc2-c2ccccc21)c1ccccc1. The Morgan fingerprint density at radius 2 is 1.46 bits per heavy atom. The number of benzene rings is 3. The van der Waals surface area contributed by atoms with Crippen LogP contribution in [-0.2, 0) is 9.16 Å². The highest BCUT2D eigenvalue weighted by atomic mass is 28.4. The minimum Gasteiger partial charge on any atom is -0.467 e. The van der Waals surface area contributed by atoms with E-state index in [-0.39, 0.29) is 17.6 Å². The van der Waals surface area contributed by atoms with Crippen LogP contribution in [0.3, 0.4) is 0 Å². The first-order chi connectivity index (χ1) is 18.7. The van der Waals surface area contributed by atoms with Gasteiger partial charge in [-0.25, -0.2) is 4.79 Å². The lowest BCUT2D eigenvalue weighted by Crippen LogP contribution is -2.45. The lowest BCUT2D eigenvalue weighted by atomic mass is 9.98. The van der Waals surface area contributed by atoms with Gasteiger partial charge in [0.1, 0.15) is 18.5 Å². The highest BCUT2D eigenvalue weighted by molar-refractivity contribution is 6.74. The van der Waals surface area contributed by atoms with E-state index in [0.717, 1.165) is 5.56 Å². The zero-order valence-corrected chi connectivity index (χ0v) is 24.3. The van der Waals surface area contributed by atoms with Crippen molar-refractivity contribution in [3.8, 4) is 11.1 Å². The number of hydrogen-bond donors (Lipinski definition) is 1. The summed E-state index contributed by atoms with van der Waals surface area (Å²) in [6.45, 7) is 11.3. The molecule has 0 saturated carbocycles. The fraction of sp³-hybridized carbons (Fsp3) is 0.303. The van der Waals surface area contributed by atoms with Crippen molar-refractivity contribution in [1.29, 1.82) is 0 Å². The van der Waals surface area contributed by atoms with Crippen LogP contribution in [0.25, 0.3) is 11.1 Å². The van der Waals surface area contributed by atoms with E-state index in [0.29, 0.717) is 5.76 Å². The van der Waals surface area contributed by atoms with Gasteiger partial charge in [-0.3, -0.25) is 0 Å². The number of alkyl carbamates (subject to hydrolysis) is 1. The van der Waals surface area contributed by atoms with Crippen LogP contribution in [0, 0.1) is 0 Å². The molecule has 1 aliphatic carbocycles. The van der Waals surface area contributed by atoms with Crippen LogP contribution in [-0.4, -0.2) is 21.0 Å². The summed E-state index contributed by atoms with van der Waals surface area (Å²) < 4.78 is 18.7. The fourth-order valence-electron chi connectivity index (χ4n) is 5.00. The Labute approximate surface area is 232 Å². The van der Waals surface area contributed by atoms with Crippen molar-refractivity contribution >= 4 is 14.4 Å². The molecule has 5 nitrogen and oxygen atoms in total. The normalized spacial score (nSPS) is 14.8. The van der Waals surface area contributed by atoms with Crippen LogP contribution in [0.2, 0.25) is 18.1 Å². The molecular weight excluding hydrogens is 502 g/mol. The highest BCUT2D eigenvalue weighted by Crippen LogP contribution is 2.45. The zero-order chi connectivity index (χ0) is 27.6. The average Bonchev–Trinajstić information content (AvgIpc) is 3.56. The number of hydrogen-bond acceptors (Lipinski definition) is 4. The summed E-state index contributed by atoms with van der Waals surface area (Å²) in [6, 6.07) is 29.8. The van der Waals surface area contributed by atoms with Crippen LogP contribution in [0.15, 0.2) is 102 Å². The van der Waals surface area contributed by atoms with Gasteiger partial charge >= 0.3 is 6.09 Å². The molecule has 0 aliphatic heterocycles.